The molecule has 7 aromatic carbocycles. The molecule has 0 bridgehead atoms. The Morgan fingerprint density at radius 2 is 0.649 bits per heavy atom. The fourth-order valence-electron chi connectivity index (χ4n) is 12.3. The summed E-state index contributed by atoms with van der Waals surface area (Å²) in [7, 11) is -4.73. The molecule has 0 N–H and O–H groups in total. The highest BCUT2D eigenvalue weighted by Gasteiger charge is 2.46. The first-order valence-electron chi connectivity index (χ1n) is 33.3. The molecule has 12 heteroatoms. The molecule has 0 amide bonds. The quantitative estimate of drug-likeness (QED) is 0.0780. The molecule has 0 unspecified atom stereocenters. The number of hydrogen-bond donors (Lipinski definition) is 0. The molecule has 9 nitrogen and oxygen atoms in total. The van der Waals surface area contributed by atoms with Crippen molar-refractivity contribution in [3.05, 3.63) is 231 Å². The monoisotopic (exact) mass is 1330 g/mol. The predicted octanol–water partition coefficient (Wildman–Crippen LogP) is 24.1. The lowest BCUT2D eigenvalue weighted by molar-refractivity contribution is -0.0673. The van der Waals surface area contributed by atoms with Crippen LogP contribution in [0.1, 0.15) is 233 Å². The maximum absolute atomic E-state index is 6.66. The van der Waals surface area contributed by atoms with Crippen molar-refractivity contribution >= 4 is 25.8 Å². The van der Waals surface area contributed by atoms with Crippen LogP contribution in [0, 0.1) is 10.8 Å². The van der Waals surface area contributed by atoms with Crippen LogP contribution in [0.2, 0.25) is 0 Å². The van der Waals surface area contributed by atoms with Gasteiger partial charge in [0.15, 0.2) is 0 Å². The van der Waals surface area contributed by atoms with E-state index in [0.29, 0.717) is 26.4 Å². The Kier molecular flexibility index (Phi) is 25.0. The molecule has 3 saturated heterocycles. The van der Waals surface area contributed by atoms with Gasteiger partial charge in [-0.25, -0.2) is 0 Å². The van der Waals surface area contributed by atoms with Crippen molar-refractivity contribution in [2.24, 2.45) is 10.8 Å². The Balaban J connectivity index is 0.000000321. The molecule has 0 aliphatic carbocycles. The van der Waals surface area contributed by atoms with E-state index >= 15 is 0 Å². The Morgan fingerprint density at radius 3 is 0.957 bits per heavy atom. The van der Waals surface area contributed by atoms with Crippen LogP contribution in [0.3, 0.4) is 0 Å². The van der Waals surface area contributed by atoms with E-state index in [1.54, 1.807) is 0 Å². The van der Waals surface area contributed by atoms with Crippen molar-refractivity contribution < 1.29 is 40.7 Å². The molecule has 0 radical (unpaired) electrons. The van der Waals surface area contributed by atoms with Crippen LogP contribution in [-0.2, 0) is 65.0 Å². The summed E-state index contributed by atoms with van der Waals surface area (Å²) >= 11 is 0. The third-order valence-corrected chi connectivity index (χ3v) is 22.5. The average Bonchev–Trinajstić information content (AvgIpc) is 0.774. The highest BCUT2D eigenvalue weighted by atomic mass is 31.2. The van der Waals surface area contributed by atoms with E-state index < -0.39 is 31.2 Å². The predicted molar refractivity (Wildman–Crippen MR) is 396 cm³/mol. The maximum Gasteiger partial charge on any atom is 0.397 e. The smallest absolute Gasteiger partial charge is 0.397 e. The van der Waals surface area contributed by atoms with Gasteiger partial charge in [-0.1, -0.05) is 317 Å². The summed E-state index contributed by atoms with van der Waals surface area (Å²) in [4.78, 5) is 0. The van der Waals surface area contributed by atoms with E-state index in [4.69, 9.17) is 40.7 Å². The van der Waals surface area contributed by atoms with Crippen molar-refractivity contribution in [2.45, 2.75) is 210 Å². The molecule has 10 rings (SSSR count). The Bertz CT molecular complexity index is 3300. The molecule has 3 aliphatic heterocycles. The summed E-state index contributed by atoms with van der Waals surface area (Å²) in [6.45, 7) is 45.9. The molecular formula is C82H113O9P3. The normalized spacial score (nSPS) is 20.6. The van der Waals surface area contributed by atoms with Crippen molar-refractivity contribution in [3.8, 4) is 17.2 Å². The average molecular weight is 1340 g/mol. The van der Waals surface area contributed by atoms with Crippen molar-refractivity contribution in [2.75, 3.05) is 39.6 Å². The molecule has 3 fully saturated rings. The molecule has 3 aliphatic rings. The molecule has 0 atom stereocenters. The summed E-state index contributed by atoms with van der Waals surface area (Å²) in [5, 5.41) is 0. The molecule has 1 spiro atoms. The topological polar surface area (TPSA) is 83.1 Å². The molecule has 0 aromatic heterocycles. The fraction of sp³-hybridized carbons (Fsp3) is 0.488. The van der Waals surface area contributed by atoms with Crippen LogP contribution in [0.15, 0.2) is 170 Å². The van der Waals surface area contributed by atoms with Crippen molar-refractivity contribution in [1.29, 1.82) is 0 Å². The van der Waals surface area contributed by atoms with Gasteiger partial charge in [-0.15, -0.1) is 0 Å². The zero-order chi connectivity index (χ0) is 66.5. The van der Waals surface area contributed by atoms with Crippen molar-refractivity contribution in [1.82, 2.24) is 0 Å². The van der Waals surface area contributed by atoms with Gasteiger partial charge >= 0.3 is 25.8 Å². The maximum atomic E-state index is 6.66. The second kappa shape index (κ2) is 30.8. The SMILES string of the molecule is C.C.CC(C)(c1ccccc1)c1ccc(OP2OCC3(CO2)COP(Oc2ccc(C(C)(C)c4ccccc4)cc2C(C)(C)c2ccccc2)OC3)c(C(C)(C)c2ccccc2)c1.CCCCC1(CC)COP(Oc2c(C(C)(C)C)cc(C(C)(C)C)cc2C(C)(C)C)OC1. The Morgan fingerprint density at radius 1 is 0.340 bits per heavy atom. The van der Waals surface area contributed by atoms with E-state index in [0.717, 1.165) is 54.4 Å². The lowest BCUT2D eigenvalue weighted by Gasteiger charge is -2.41. The zero-order valence-electron chi connectivity index (χ0n) is 58.8. The van der Waals surface area contributed by atoms with E-state index in [2.05, 4.69) is 301 Å². The van der Waals surface area contributed by atoms with Crippen LogP contribution >= 0.6 is 25.8 Å². The number of unbranched alkanes of at least 4 members (excludes halogenated alkanes) is 1. The van der Waals surface area contributed by atoms with Gasteiger partial charge in [-0.2, -0.15) is 0 Å². The van der Waals surface area contributed by atoms with E-state index in [-0.39, 0.29) is 58.2 Å². The largest absolute Gasteiger partial charge is 0.426 e. The third-order valence-electron chi connectivity index (χ3n) is 19.5. The minimum atomic E-state index is -1.67. The molecule has 0 saturated carbocycles. The molecular weight excluding hydrogens is 1220 g/mol. The minimum Gasteiger partial charge on any atom is -0.426 e. The summed E-state index contributed by atoms with van der Waals surface area (Å²) in [6, 6.07) is 60.2. The first-order chi connectivity index (χ1) is 43.3. The fourth-order valence-corrected chi connectivity index (χ4v) is 16.1. The summed E-state index contributed by atoms with van der Waals surface area (Å²) in [5.41, 5.74) is 11.8. The van der Waals surface area contributed by atoms with Gasteiger partial charge < -0.3 is 40.7 Å². The number of benzene rings is 7. The van der Waals surface area contributed by atoms with Gasteiger partial charge in [0, 0.05) is 49.3 Å². The number of hydrogen-bond acceptors (Lipinski definition) is 9. The van der Waals surface area contributed by atoms with Gasteiger partial charge in [0.1, 0.15) is 17.2 Å². The van der Waals surface area contributed by atoms with Gasteiger partial charge in [0.2, 0.25) is 0 Å². The number of rotatable bonds is 18. The van der Waals surface area contributed by atoms with E-state index in [1.165, 1.54) is 62.9 Å². The highest BCUT2D eigenvalue weighted by molar-refractivity contribution is 7.42. The molecule has 94 heavy (non-hydrogen) atoms. The first-order valence-corrected chi connectivity index (χ1v) is 36.5. The lowest BCUT2D eigenvalue weighted by atomic mass is 9.73. The van der Waals surface area contributed by atoms with Gasteiger partial charge in [0.05, 0.1) is 45.1 Å². The Labute approximate surface area is 572 Å². The van der Waals surface area contributed by atoms with E-state index in [1.807, 2.05) is 0 Å². The van der Waals surface area contributed by atoms with E-state index in [9.17, 15) is 0 Å². The summed E-state index contributed by atoms with van der Waals surface area (Å²) in [5.74, 6) is 2.46. The van der Waals surface area contributed by atoms with Crippen LogP contribution in [0.25, 0.3) is 0 Å². The Hall–Kier alpha value is -5.01. The molecule has 7 aromatic rings. The summed E-state index contributed by atoms with van der Waals surface area (Å²) in [6.07, 6.45) is 4.66. The van der Waals surface area contributed by atoms with Crippen LogP contribution in [0.5, 0.6) is 17.2 Å². The first kappa shape index (κ1) is 76.4. The van der Waals surface area contributed by atoms with Crippen LogP contribution in [0.4, 0.5) is 0 Å². The van der Waals surface area contributed by atoms with Crippen LogP contribution in [-0.4, -0.2) is 39.6 Å². The summed E-state index contributed by atoms with van der Waals surface area (Å²) < 4.78 is 58.0. The lowest BCUT2D eigenvalue weighted by Crippen LogP contribution is -2.45. The molecule has 3 heterocycles. The van der Waals surface area contributed by atoms with Crippen LogP contribution < -0.4 is 13.6 Å². The van der Waals surface area contributed by atoms with Gasteiger partial charge in [-0.3, -0.25) is 0 Å². The minimum absolute atomic E-state index is 0. The van der Waals surface area contributed by atoms with Crippen molar-refractivity contribution in [3.63, 3.8) is 0 Å². The molecule has 510 valence electrons. The van der Waals surface area contributed by atoms with Gasteiger partial charge in [-0.05, 0) is 80.2 Å². The van der Waals surface area contributed by atoms with Gasteiger partial charge in [0.25, 0.3) is 0 Å². The second-order valence-electron chi connectivity index (χ2n) is 31.1. The second-order valence-corrected chi connectivity index (χ2v) is 34.5. The standard InChI is InChI=1S/C53H58O6P2.C27H47O3P.2CH4/c1-49(2,39-21-13-9-14-22-39)43-29-31-47(45(33-43)51(5,6)41-25-17-11-18-26-41)58-60-54-35-53(36-55-60)37-56-61(57-38-53)59-48-32-30-44(50(3,4)40-23-15-10-16-24-40)34-46(48)52(7,8)42-27-19-12-20-28-42;1-12-14-15-27(13-2)18-28-31(29-19-27)30-23-21(25(6,7)8)16-20(24(3,4)5)17-22(23)26(9,10)11;;/h9-34H,35-38H2,1-8H3;16-17H,12-15,18-19H2,1-11H3;2*1H4. The highest BCUT2D eigenvalue weighted by Crippen LogP contribution is 2.57. The zero-order valence-corrected chi connectivity index (χ0v) is 61.4. The third kappa shape index (κ3) is 17.6.